The molecule has 0 amide bonds. The molecule has 3 unspecified atom stereocenters. The third kappa shape index (κ3) is 1.41. The van der Waals surface area contributed by atoms with Crippen molar-refractivity contribution in [3.63, 3.8) is 0 Å². The van der Waals surface area contributed by atoms with Crippen LogP contribution in [0.3, 0.4) is 0 Å². The summed E-state index contributed by atoms with van der Waals surface area (Å²) < 4.78 is 18.6. The van der Waals surface area contributed by atoms with Gasteiger partial charge in [0.1, 0.15) is 11.5 Å². The summed E-state index contributed by atoms with van der Waals surface area (Å²) in [4.78, 5) is 12.5. The van der Waals surface area contributed by atoms with Crippen LogP contribution in [0.1, 0.15) is 6.42 Å². The highest BCUT2D eigenvalue weighted by Crippen LogP contribution is 2.55. The smallest absolute Gasteiger partial charge is 0.287 e. The zero-order valence-electron chi connectivity index (χ0n) is 12.8. The van der Waals surface area contributed by atoms with Crippen LogP contribution in [0.4, 0.5) is 0 Å². The number of benzene rings is 2. The van der Waals surface area contributed by atoms with E-state index in [9.17, 15) is 4.79 Å². The number of rotatable bonds is 0. The number of carbonyl (C=O) groups excluding carboxylic acids is 1. The molecule has 6 rings (SSSR count). The average molecular weight is 318 g/mol. The minimum atomic E-state index is -0.961. The van der Waals surface area contributed by atoms with Crippen molar-refractivity contribution in [2.75, 3.05) is 0 Å². The quantitative estimate of drug-likeness (QED) is 0.700. The average Bonchev–Trinajstić information content (AvgIpc) is 3.42. The van der Waals surface area contributed by atoms with Gasteiger partial charge in [0.05, 0.1) is 11.3 Å². The second-order valence-electron chi connectivity index (χ2n) is 6.72. The number of Topliss-reactive ketones (excluding diaryl/α,β-unsaturated/α-hetero) is 1. The van der Waals surface area contributed by atoms with Gasteiger partial charge in [0.2, 0.25) is 0 Å². The Hall–Kier alpha value is -2.59. The minimum absolute atomic E-state index is 0.0734. The lowest BCUT2D eigenvalue weighted by molar-refractivity contribution is -0.170. The van der Waals surface area contributed by atoms with Crippen molar-refractivity contribution < 1.29 is 19.0 Å². The van der Waals surface area contributed by atoms with Crippen molar-refractivity contribution >= 4 is 16.6 Å². The SMILES string of the molecule is O=C1C2=CC=CCC2C2(Oc3cccc4cccc(c34)O2)C2OC12. The zero-order valence-corrected chi connectivity index (χ0v) is 12.8. The van der Waals surface area contributed by atoms with Crippen LogP contribution in [0, 0.1) is 5.92 Å². The Morgan fingerprint density at radius 1 is 1.04 bits per heavy atom. The molecule has 2 fully saturated rings. The molecular weight excluding hydrogens is 304 g/mol. The summed E-state index contributed by atoms with van der Waals surface area (Å²) in [5.74, 6) is 0.558. The standard InChI is InChI=1S/C20H14O4/c21-17-12-7-1-2-8-13(12)20(19-18(17)22-19)23-14-9-3-5-11-6-4-10-15(24-20)16(11)14/h1-7,9-10,13,18-19H,8H2. The van der Waals surface area contributed by atoms with Crippen LogP contribution in [0.15, 0.2) is 60.2 Å². The lowest BCUT2D eigenvalue weighted by Gasteiger charge is -2.45. The van der Waals surface area contributed by atoms with Gasteiger partial charge in [-0.1, -0.05) is 42.5 Å². The molecule has 2 aliphatic heterocycles. The molecule has 4 aliphatic rings. The van der Waals surface area contributed by atoms with Crippen LogP contribution in [-0.2, 0) is 9.53 Å². The zero-order chi connectivity index (χ0) is 15.9. The maximum atomic E-state index is 12.5. The van der Waals surface area contributed by atoms with Crippen molar-refractivity contribution in [1.29, 1.82) is 0 Å². The number of ether oxygens (including phenoxy) is 3. The monoisotopic (exact) mass is 318 g/mol. The summed E-state index contributed by atoms with van der Waals surface area (Å²) in [5.41, 5.74) is 0.753. The fourth-order valence-corrected chi connectivity index (χ4v) is 4.31. The van der Waals surface area contributed by atoms with Crippen molar-refractivity contribution in [3.05, 3.63) is 60.2 Å². The number of allylic oxidation sites excluding steroid dienone is 3. The molecule has 0 radical (unpaired) electrons. The lowest BCUT2D eigenvalue weighted by atomic mass is 9.74. The third-order valence-electron chi connectivity index (χ3n) is 5.44. The van der Waals surface area contributed by atoms with Gasteiger partial charge < -0.3 is 14.2 Å². The summed E-state index contributed by atoms with van der Waals surface area (Å²) in [6.45, 7) is 0. The predicted molar refractivity (Wildman–Crippen MR) is 86.9 cm³/mol. The van der Waals surface area contributed by atoms with Crippen molar-refractivity contribution in [1.82, 2.24) is 0 Å². The van der Waals surface area contributed by atoms with E-state index in [1.54, 1.807) is 0 Å². The van der Waals surface area contributed by atoms with Crippen LogP contribution in [-0.4, -0.2) is 23.8 Å². The lowest BCUT2D eigenvalue weighted by Crippen LogP contribution is -2.60. The molecule has 2 heterocycles. The highest BCUT2D eigenvalue weighted by Gasteiger charge is 2.71. The Morgan fingerprint density at radius 2 is 1.79 bits per heavy atom. The van der Waals surface area contributed by atoms with Gasteiger partial charge in [-0.05, 0) is 23.9 Å². The molecular formula is C20H14O4. The fraction of sp³-hybridized carbons (Fsp3) is 0.250. The number of ketones is 1. The van der Waals surface area contributed by atoms with Crippen molar-refractivity contribution in [2.24, 2.45) is 5.92 Å². The number of carbonyl (C=O) groups is 1. The molecule has 1 spiro atoms. The summed E-state index contributed by atoms with van der Waals surface area (Å²) in [6, 6.07) is 12.0. The summed E-state index contributed by atoms with van der Waals surface area (Å²) >= 11 is 0. The molecule has 4 nitrogen and oxygen atoms in total. The molecule has 2 aliphatic carbocycles. The van der Waals surface area contributed by atoms with E-state index in [-0.39, 0.29) is 17.8 Å². The highest BCUT2D eigenvalue weighted by molar-refractivity contribution is 6.03. The number of hydrogen-bond donors (Lipinski definition) is 0. The van der Waals surface area contributed by atoms with E-state index < -0.39 is 11.9 Å². The molecule has 2 aromatic rings. The minimum Gasteiger partial charge on any atom is -0.448 e. The van der Waals surface area contributed by atoms with Crippen molar-refractivity contribution in [3.8, 4) is 11.5 Å². The normalized spacial score (nSPS) is 30.9. The Labute approximate surface area is 138 Å². The van der Waals surface area contributed by atoms with E-state index in [0.717, 1.165) is 27.8 Å². The Bertz CT molecular complexity index is 930. The van der Waals surface area contributed by atoms with Crippen LogP contribution in [0.2, 0.25) is 0 Å². The van der Waals surface area contributed by atoms with Gasteiger partial charge in [-0.3, -0.25) is 4.79 Å². The van der Waals surface area contributed by atoms with Gasteiger partial charge in [0.25, 0.3) is 5.79 Å². The molecule has 0 N–H and O–H groups in total. The molecule has 118 valence electrons. The molecule has 4 heteroatoms. The molecule has 1 saturated heterocycles. The van der Waals surface area contributed by atoms with Crippen molar-refractivity contribution in [2.45, 2.75) is 24.4 Å². The second-order valence-corrected chi connectivity index (χ2v) is 6.72. The van der Waals surface area contributed by atoms with E-state index >= 15 is 0 Å². The number of epoxide rings is 1. The Morgan fingerprint density at radius 3 is 2.54 bits per heavy atom. The van der Waals surface area contributed by atoms with E-state index in [1.807, 2.05) is 48.6 Å². The Kier molecular flexibility index (Phi) is 2.17. The number of hydrogen-bond acceptors (Lipinski definition) is 4. The molecule has 2 aromatic carbocycles. The van der Waals surface area contributed by atoms with E-state index in [4.69, 9.17) is 14.2 Å². The summed E-state index contributed by atoms with van der Waals surface area (Å²) in [6.07, 6.45) is 5.79. The molecule has 0 bridgehead atoms. The maximum absolute atomic E-state index is 12.5. The van der Waals surface area contributed by atoms with Gasteiger partial charge >= 0.3 is 0 Å². The van der Waals surface area contributed by atoms with Crippen LogP contribution in [0.5, 0.6) is 11.5 Å². The maximum Gasteiger partial charge on any atom is 0.287 e. The van der Waals surface area contributed by atoms with E-state index in [2.05, 4.69) is 6.08 Å². The first kappa shape index (κ1) is 12.8. The molecule has 1 saturated carbocycles. The first-order valence-electron chi connectivity index (χ1n) is 8.24. The molecule has 24 heavy (non-hydrogen) atoms. The van der Waals surface area contributed by atoms with E-state index in [0.29, 0.717) is 6.42 Å². The highest BCUT2D eigenvalue weighted by atomic mass is 16.8. The first-order valence-corrected chi connectivity index (χ1v) is 8.24. The van der Waals surface area contributed by atoms with Gasteiger partial charge in [-0.2, -0.15) is 0 Å². The molecule has 0 aromatic heterocycles. The van der Waals surface area contributed by atoms with Crippen LogP contribution >= 0.6 is 0 Å². The first-order chi connectivity index (χ1) is 11.8. The Balaban J connectivity index is 1.57. The van der Waals surface area contributed by atoms with Gasteiger partial charge in [0, 0.05) is 5.57 Å². The largest absolute Gasteiger partial charge is 0.448 e. The van der Waals surface area contributed by atoms with Gasteiger partial charge in [-0.15, -0.1) is 0 Å². The van der Waals surface area contributed by atoms with Gasteiger partial charge in [-0.25, -0.2) is 0 Å². The predicted octanol–water partition coefficient (Wildman–Crippen LogP) is 3.16. The summed E-state index contributed by atoms with van der Waals surface area (Å²) in [7, 11) is 0. The number of fused-ring (bicyclic) bond motifs is 4. The topological polar surface area (TPSA) is 48.1 Å². The van der Waals surface area contributed by atoms with Crippen LogP contribution in [0.25, 0.3) is 10.8 Å². The molecule has 3 atom stereocenters. The third-order valence-corrected chi connectivity index (χ3v) is 5.44. The second kappa shape index (κ2) is 4.08. The van der Waals surface area contributed by atoms with Gasteiger partial charge in [0.15, 0.2) is 18.0 Å². The van der Waals surface area contributed by atoms with E-state index in [1.165, 1.54) is 0 Å². The fourth-order valence-electron chi connectivity index (χ4n) is 4.31. The summed E-state index contributed by atoms with van der Waals surface area (Å²) in [5, 5.41) is 2.07. The van der Waals surface area contributed by atoms with Crippen LogP contribution < -0.4 is 9.47 Å².